The van der Waals surface area contributed by atoms with Gasteiger partial charge in [-0.3, -0.25) is 0 Å². The first-order valence-corrected chi connectivity index (χ1v) is 7.97. The highest BCUT2D eigenvalue weighted by Crippen LogP contribution is 2.22. The van der Waals surface area contributed by atoms with Gasteiger partial charge >= 0.3 is 0 Å². The predicted octanol–water partition coefficient (Wildman–Crippen LogP) is 2.42. The first-order chi connectivity index (χ1) is 10.4. The molecule has 2 aromatic heterocycles. The summed E-state index contributed by atoms with van der Waals surface area (Å²) < 4.78 is 2.16. The lowest BCUT2D eigenvalue weighted by Gasteiger charge is -2.07. The van der Waals surface area contributed by atoms with Gasteiger partial charge in [-0.2, -0.15) is 5.21 Å². The minimum atomic E-state index is 0.751. The summed E-state index contributed by atoms with van der Waals surface area (Å²) in [5, 5.41) is 14.0. The van der Waals surface area contributed by atoms with Crippen molar-refractivity contribution in [1.29, 1.82) is 0 Å². The molecule has 7 heteroatoms. The topological polar surface area (TPSA) is 72.3 Å². The summed E-state index contributed by atoms with van der Waals surface area (Å²) in [7, 11) is 0. The molecule has 0 aliphatic heterocycles. The van der Waals surface area contributed by atoms with Gasteiger partial charge in [0.05, 0.1) is 0 Å². The highest BCUT2D eigenvalue weighted by molar-refractivity contribution is 7.98. The molecule has 6 nitrogen and oxygen atoms in total. The summed E-state index contributed by atoms with van der Waals surface area (Å²) >= 11 is 1.74. The third kappa shape index (κ3) is 3.30. The SMILES string of the molecule is CSc1ccc(-c2nccn2CCCc2nn[nH]n2)cc1. The van der Waals surface area contributed by atoms with Crippen LogP contribution in [0.5, 0.6) is 0 Å². The van der Waals surface area contributed by atoms with E-state index in [4.69, 9.17) is 0 Å². The minimum Gasteiger partial charge on any atom is -0.331 e. The molecular weight excluding hydrogens is 284 g/mol. The van der Waals surface area contributed by atoms with E-state index in [9.17, 15) is 0 Å². The number of thioether (sulfide) groups is 1. The fourth-order valence-corrected chi connectivity index (χ4v) is 2.59. The van der Waals surface area contributed by atoms with Crippen LogP contribution in [0.3, 0.4) is 0 Å². The maximum absolute atomic E-state index is 4.46. The molecule has 0 fully saturated rings. The number of hydrogen-bond donors (Lipinski definition) is 1. The van der Waals surface area contributed by atoms with Crippen LogP contribution < -0.4 is 0 Å². The van der Waals surface area contributed by atoms with Crippen LogP contribution in [0.15, 0.2) is 41.6 Å². The van der Waals surface area contributed by atoms with Gasteiger partial charge in [0.15, 0.2) is 5.82 Å². The summed E-state index contributed by atoms with van der Waals surface area (Å²) in [6.45, 7) is 0.883. The summed E-state index contributed by atoms with van der Waals surface area (Å²) in [5.74, 6) is 1.75. The van der Waals surface area contributed by atoms with Crippen molar-refractivity contribution in [2.24, 2.45) is 0 Å². The van der Waals surface area contributed by atoms with E-state index >= 15 is 0 Å². The van der Waals surface area contributed by atoms with Crippen LogP contribution in [-0.2, 0) is 13.0 Å². The lowest BCUT2D eigenvalue weighted by molar-refractivity contribution is 0.634. The Morgan fingerprint density at radius 2 is 2.10 bits per heavy atom. The summed E-state index contributed by atoms with van der Waals surface area (Å²) in [5.41, 5.74) is 1.14. The van der Waals surface area contributed by atoms with Crippen molar-refractivity contribution in [1.82, 2.24) is 30.2 Å². The molecule has 108 valence electrons. The highest BCUT2D eigenvalue weighted by atomic mass is 32.2. The standard InChI is InChI=1S/C14H16N6S/c1-21-12-6-4-11(5-7-12)14-15-8-10-20(14)9-2-3-13-16-18-19-17-13/h4-8,10H,2-3,9H2,1H3,(H,16,17,18,19). The molecule has 0 bridgehead atoms. The number of tetrazole rings is 1. The Balaban J connectivity index is 1.68. The lowest BCUT2D eigenvalue weighted by atomic mass is 10.2. The van der Waals surface area contributed by atoms with Gasteiger partial charge in [0, 0.05) is 35.8 Å². The largest absolute Gasteiger partial charge is 0.331 e. The van der Waals surface area contributed by atoms with E-state index in [1.807, 2.05) is 12.4 Å². The Kier molecular flexibility index (Phi) is 4.30. The first kappa shape index (κ1) is 13.8. The number of nitrogens with zero attached hydrogens (tertiary/aromatic N) is 5. The van der Waals surface area contributed by atoms with Crippen LogP contribution in [0.4, 0.5) is 0 Å². The molecule has 0 atom stereocenters. The molecule has 0 amide bonds. The monoisotopic (exact) mass is 300 g/mol. The molecule has 1 N–H and O–H groups in total. The average molecular weight is 300 g/mol. The molecule has 1 aromatic carbocycles. The Labute approximate surface area is 127 Å². The van der Waals surface area contributed by atoms with Gasteiger partial charge in [-0.15, -0.1) is 22.0 Å². The van der Waals surface area contributed by atoms with Crippen LogP contribution in [0.1, 0.15) is 12.2 Å². The number of imidazole rings is 1. The molecule has 3 aromatic rings. The Morgan fingerprint density at radius 1 is 1.24 bits per heavy atom. The van der Waals surface area contributed by atoms with E-state index < -0.39 is 0 Å². The third-order valence-corrected chi connectivity index (χ3v) is 4.00. The second-order valence-corrected chi connectivity index (χ2v) is 5.48. The second kappa shape index (κ2) is 6.53. The number of rotatable bonds is 6. The van der Waals surface area contributed by atoms with Gasteiger partial charge in [0.2, 0.25) is 0 Å². The number of hydrogen-bond acceptors (Lipinski definition) is 5. The highest BCUT2D eigenvalue weighted by Gasteiger charge is 2.06. The molecule has 0 saturated heterocycles. The fraction of sp³-hybridized carbons (Fsp3) is 0.286. The number of aromatic nitrogens is 6. The molecular formula is C14H16N6S. The number of benzene rings is 1. The molecule has 21 heavy (non-hydrogen) atoms. The predicted molar refractivity (Wildman–Crippen MR) is 81.9 cm³/mol. The van der Waals surface area contributed by atoms with E-state index in [2.05, 4.69) is 60.7 Å². The number of H-pyrrole nitrogens is 1. The van der Waals surface area contributed by atoms with Crippen LogP contribution in [-0.4, -0.2) is 36.4 Å². The molecule has 0 aliphatic carbocycles. The Morgan fingerprint density at radius 3 is 2.81 bits per heavy atom. The van der Waals surface area contributed by atoms with Gasteiger partial charge in [0.1, 0.15) is 5.82 Å². The zero-order valence-corrected chi connectivity index (χ0v) is 12.5. The van der Waals surface area contributed by atoms with Crippen molar-refractivity contribution < 1.29 is 0 Å². The maximum atomic E-state index is 4.46. The van der Waals surface area contributed by atoms with Crippen molar-refractivity contribution in [3.8, 4) is 11.4 Å². The molecule has 0 aliphatic rings. The van der Waals surface area contributed by atoms with Crippen molar-refractivity contribution in [2.45, 2.75) is 24.3 Å². The zero-order chi connectivity index (χ0) is 14.5. The molecule has 2 heterocycles. The zero-order valence-electron chi connectivity index (χ0n) is 11.7. The van der Waals surface area contributed by atoms with E-state index in [0.717, 1.165) is 36.6 Å². The molecule has 0 saturated carbocycles. The van der Waals surface area contributed by atoms with E-state index in [1.165, 1.54) is 4.90 Å². The maximum Gasteiger partial charge on any atom is 0.174 e. The summed E-state index contributed by atoms with van der Waals surface area (Å²) in [4.78, 5) is 5.72. The molecule has 0 radical (unpaired) electrons. The Hall–Kier alpha value is -2.15. The van der Waals surface area contributed by atoms with Crippen molar-refractivity contribution in [3.63, 3.8) is 0 Å². The quantitative estimate of drug-likeness (QED) is 0.708. The normalized spacial score (nSPS) is 10.9. The van der Waals surface area contributed by atoms with Gasteiger partial charge < -0.3 is 4.57 Å². The molecule has 0 spiro atoms. The Bertz CT molecular complexity index is 674. The van der Waals surface area contributed by atoms with Gasteiger partial charge in [-0.25, -0.2) is 4.98 Å². The van der Waals surface area contributed by atoms with Crippen molar-refractivity contribution >= 4 is 11.8 Å². The van der Waals surface area contributed by atoms with E-state index in [-0.39, 0.29) is 0 Å². The number of nitrogens with one attached hydrogen (secondary N) is 1. The smallest absolute Gasteiger partial charge is 0.174 e. The van der Waals surface area contributed by atoms with Crippen LogP contribution in [0.2, 0.25) is 0 Å². The number of aryl methyl sites for hydroxylation is 2. The summed E-state index contributed by atoms with van der Waals surface area (Å²) in [6.07, 6.45) is 7.68. The average Bonchev–Trinajstić information content (AvgIpc) is 3.19. The third-order valence-electron chi connectivity index (χ3n) is 3.25. The van der Waals surface area contributed by atoms with E-state index in [1.54, 1.807) is 11.8 Å². The summed E-state index contributed by atoms with van der Waals surface area (Å²) in [6, 6.07) is 8.48. The van der Waals surface area contributed by atoms with Crippen LogP contribution in [0.25, 0.3) is 11.4 Å². The van der Waals surface area contributed by atoms with Crippen molar-refractivity contribution in [2.75, 3.05) is 6.26 Å². The second-order valence-electron chi connectivity index (χ2n) is 4.60. The molecule has 3 rings (SSSR count). The lowest BCUT2D eigenvalue weighted by Crippen LogP contribution is -2.02. The van der Waals surface area contributed by atoms with Crippen LogP contribution in [0, 0.1) is 0 Å². The van der Waals surface area contributed by atoms with Gasteiger partial charge in [0.25, 0.3) is 0 Å². The number of aromatic amines is 1. The van der Waals surface area contributed by atoms with E-state index in [0.29, 0.717) is 0 Å². The van der Waals surface area contributed by atoms with Crippen molar-refractivity contribution in [3.05, 3.63) is 42.5 Å². The van der Waals surface area contributed by atoms with Gasteiger partial charge in [-0.05, 0) is 24.8 Å². The molecule has 0 unspecified atom stereocenters. The minimum absolute atomic E-state index is 0.751. The fourth-order valence-electron chi connectivity index (χ4n) is 2.19. The van der Waals surface area contributed by atoms with Gasteiger partial charge in [-0.1, -0.05) is 17.3 Å². The first-order valence-electron chi connectivity index (χ1n) is 6.74. The van der Waals surface area contributed by atoms with Crippen LogP contribution >= 0.6 is 11.8 Å².